The van der Waals surface area contributed by atoms with Gasteiger partial charge >= 0.3 is 5.97 Å². The highest BCUT2D eigenvalue weighted by Gasteiger charge is 2.26. The fourth-order valence-electron chi connectivity index (χ4n) is 1.72. The van der Waals surface area contributed by atoms with E-state index in [1.165, 1.54) is 0 Å². The largest absolute Gasteiger partial charge is 0.475 e. The van der Waals surface area contributed by atoms with E-state index in [1.807, 2.05) is 13.8 Å². The topological polar surface area (TPSA) is 96.6 Å². The van der Waals surface area contributed by atoms with Gasteiger partial charge in [0.15, 0.2) is 4.67 Å². The quantitative estimate of drug-likeness (QED) is 0.818. The number of aromatic carboxylic acids is 1. The van der Waals surface area contributed by atoms with Gasteiger partial charge in [-0.05, 0) is 35.2 Å². The van der Waals surface area contributed by atoms with E-state index in [1.54, 1.807) is 6.92 Å². The predicted octanol–water partition coefficient (Wildman–Crippen LogP) is 2.45. The van der Waals surface area contributed by atoms with Gasteiger partial charge in [0.05, 0.1) is 0 Å². The standard InChI is InChI=1S/C11H16BrNO5S/c1-6(2)4-7(3)13-19(16,17)9-5-8(11(14)15)18-10(9)12/h5-7,13H,4H2,1-3H3,(H,14,15). The molecule has 0 fully saturated rings. The van der Waals surface area contributed by atoms with Crippen LogP contribution in [0.5, 0.6) is 0 Å². The van der Waals surface area contributed by atoms with E-state index in [9.17, 15) is 13.2 Å². The third-order valence-corrected chi connectivity index (χ3v) is 4.78. The van der Waals surface area contributed by atoms with Crippen LogP contribution in [-0.4, -0.2) is 25.5 Å². The van der Waals surface area contributed by atoms with Crippen molar-refractivity contribution in [2.75, 3.05) is 0 Å². The van der Waals surface area contributed by atoms with E-state index in [0.717, 1.165) is 6.07 Å². The molecule has 1 aromatic rings. The number of furan rings is 1. The molecule has 1 atom stereocenters. The van der Waals surface area contributed by atoms with Gasteiger partial charge in [0.1, 0.15) is 4.90 Å². The number of rotatable bonds is 6. The van der Waals surface area contributed by atoms with Crippen molar-refractivity contribution in [3.63, 3.8) is 0 Å². The van der Waals surface area contributed by atoms with Crippen molar-refractivity contribution in [1.82, 2.24) is 4.72 Å². The van der Waals surface area contributed by atoms with Crippen molar-refractivity contribution < 1.29 is 22.7 Å². The molecule has 6 nitrogen and oxygen atoms in total. The summed E-state index contributed by atoms with van der Waals surface area (Å²) in [5, 5.41) is 8.76. The van der Waals surface area contributed by atoms with Gasteiger partial charge in [0.25, 0.3) is 0 Å². The van der Waals surface area contributed by atoms with Crippen LogP contribution in [0, 0.1) is 5.92 Å². The second-order valence-corrected chi connectivity index (χ2v) is 7.11. The number of carbonyl (C=O) groups is 1. The zero-order valence-electron chi connectivity index (χ0n) is 10.8. The van der Waals surface area contributed by atoms with Gasteiger partial charge in [-0.15, -0.1) is 0 Å². The summed E-state index contributed by atoms with van der Waals surface area (Å²) < 4.78 is 31.4. The molecule has 1 unspecified atom stereocenters. The Labute approximate surface area is 120 Å². The molecule has 0 aliphatic heterocycles. The number of nitrogens with one attached hydrogen (secondary N) is 1. The maximum atomic E-state index is 12.1. The van der Waals surface area contributed by atoms with Crippen molar-refractivity contribution in [1.29, 1.82) is 0 Å². The minimum absolute atomic E-state index is 0.117. The van der Waals surface area contributed by atoms with Gasteiger partial charge < -0.3 is 9.52 Å². The lowest BCUT2D eigenvalue weighted by Gasteiger charge is -2.15. The first-order chi connectivity index (χ1) is 8.63. The van der Waals surface area contributed by atoms with E-state index in [-0.39, 0.29) is 15.6 Å². The molecule has 2 N–H and O–H groups in total. The fraction of sp³-hybridized carbons (Fsp3) is 0.545. The van der Waals surface area contributed by atoms with Crippen molar-refractivity contribution in [3.05, 3.63) is 16.5 Å². The minimum atomic E-state index is -3.80. The van der Waals surface area contributed by atoms with Gasteiger partial charge in [-0.25, -0.2) is 17.9 Å². The van der Waals surface area contributed by atoms with Crippen molar-refractivity contribution in [2.24, 2.45) is 5.92 Å². The number of hydrogen-bond donors (Lipinski definition) is 2. The molecule has 8 heteroatoms. The number of hydrogen-bond acceptors (Lipinski definition) is 4. The highest BCUT2D eigenvalue weighted by Crippen LogP contribution is 2.26. The summed E-state index contributed by atoms with van der Waals surface area (Å²) in [6, 6.07) is 0.733. The molecule has 0 spiro atoms. The first kappa shape index (κ1) is 16.2. The first-order valence-electron chi connectivity index (χ1n) is 5.68. The second-order valence-electron chi connectivity index (χ2n) is 4.71. The highest BCUT2D eigenvalue weighted by molar-refractivity contribution is 9.10. The Balaban J connectivity index is 2.97. The van der Waals surface area contributed by atoms with E-state index < -0.39 is 21.8 Å². The summed E-state index contributed by atoms with van der Waals surface area (Å²) in [5.74, 6) is -1.40. The molecule has 108 valence electrons. The molecule has 0 amide bonds. The van der Waals surface area contributed by atoms with E-state index >= 15 is 0 Å². The summed E-state index contributed by atoms with van der Waals surface area (Å²) in [6.45, 7) is 5.73. The molecule has 0 radical (unpaired) electrons. The molecule has 0 bridgehead atoms. The Bertz CT molecular complexity index is 564. The zero-order valence-corrected chi connectivity index (χ0v) is 13.2. The Morgan fingerprint density at radius 3 is 2.47 bits per heavy atom. The van der Waals surface area contributed by atoms with Crippen LogP contribution in [0.25, 0.3) is 0 Å². The van der Waals surface area contributed by atoms with Gasteiger partial charge in [0.2, 0.25) is 15.8 Å². The fourth-order valence-corrected chi connectivity index (χ4v) is 3.92. The normalized spacial score (nSPS) is 13.7. The van der Waals surface area contributed by atoms with E-state index in [4.69, 9.17) is 9.52 Å². The van der Waals surface area contributed by atoms with Crippen molar-refractivity contribution >= 4 is 31.9 Å². The van der Waals surface area contributed by atoms with Crippen molar-refractivity contribution in [2.45, 2.75) is 38.1 Å². The van der Waals surface area contributed by atoms with Crippen LogP contribution in [0.3, 0.4) is 0 Å². The van der Waals surface area contributed by atoms with Crippen LogP contribution in [0.4, 0.5) is 0 Å². The maximum Gasteiger partial charge on any atom is 0.371 e. The summed E-state index contributed by atoms with van der Waals surface area (Å²) in [6.07, 6.45) is 0.681. The molecule has 1 aromatic heterocycles. The van der Waals surface area contributed by atoms with Crippen LogP contribution in [0.1, 0.15) is 37.7 Å². The van der Waals surface area contributed by atoms with E-state index in [0.29, 0.717) is 12.3 Å². The number of halogens is 1. The Morgan fingerprint density at radius 1 is 1.47 bits per heavy atom. The van der Waals surface area contributed by atoms with Crippen LogP contribution in [0.15, 0.2) is 20.0 Å². The van der Waals surface area contributed by atoms with Gasteiger partial charge in [-0.2, -0.15) is 0 Å². The van der Waals surface area contributed by atoms with Crippen molar-refractivity contribution in [3.8, 4) is 0 Å². The number of carboxylic acid groups (broad SMARTS) is 1. The molecular weight excluding hydrogens is 338 g/mol. The van der Waals surface area contributed by atoms with Crippen LogP contribution in [-0.2, 0) is 10.0 Å². The van der Waals surface area contributed by atoms with Crippen LogP contribution >= 0.6 is 15.9 Å². The third-order valence-electron chi connectivity index (χ3n) is 2.34. The lowest BCUT2D eigenvalue weighted by molar-refractivity contribution is 0.0661. The zero-order chi connectivity index (χ0) is 14.8. The lowest BCUT2D eigenvalue weighted by atomic mass is 10.1. The Morgan fingerprint density at radius 2 is 2.05 bits per heavy atom. The summed E-state index contributed by atoms with van der Waals surface area (Å²) in [5.41, 5.74) is 0. The maximum absolute atomic E-state index is 12.1. The lowest BCUT2D eigenvalue weighted by Crippen LogP contribution is -2.33. The summed E-state index contributed by atoms with van der Waals surface area (Å²) in [7, 11) is -3.80. The van der Waals surface area contributed by atoms with Gasteiger partial charge in [-0.3, -0.25) is 0 Å². The Hall–Kier alpha value is -0.860. The predicted molar refractivity (Wildman–Crippen MR) is 72.6 cm³/mol. The average Bonchev–Trinajstić information content (AvgIpc) is 2.58. The molecule has 0 aromatic carbocycles. The number of carboxylic acids is 1. The average molecular weight is 354 g/mol. The molecule has 1 heterocycles. The molecule has 0 aliphatic carbocycles. The second kappa shape index (κ2) is 6.06. The monoisotopic (exact) mass is 353 g/mol. The SMILES string of the molecule is CC(C)CC(C)NS(=O)(=O)c1cc(C(=O)O)oc1Br. The molecular formula is C11H16BrNO5S. The molecule has 0 saturated carbocycles. The minimum Gasteiger partial charge on any atom is -0.475 e. The highest BCUT2D eigenvalue weighted by atomic mass is 79.9. The molecule has 1 rings (SSSR count). The smallest absolute Gasteiger partial charge is 0.371 e. The van der Waals surface area contributed by atoms with Crippen LogP contribution < -0.4 is 4.72 Å². The summed E-state index contributed by atoms with van der Waals surface area (Å²) in [4.78, 5) is 10.5. The van der Waals surface area contributed by atoms with Gasteiger partial charge in [0, 0.05) is 12.1 Å². The first-order valence-corrected chi connectivity index (χ1v) is 7.96. The summed E-state index contributed by atoms with van der Waals surface area (Å²) >= 11 is 2.91. The third kappa shape index (κ3) is 4.32. The Kier molecular flexibility index (Phi) is 5.17. The van der Waals surface area contributed by atoms with Crippen LogP contribution in [0.2, 0.25) is 0 Å². The molecule has 19 heavy (non-hydrogen) atoms. The molecule has 0 saturated heterocycles. The number of sulfonamides is 1. The van der Waals surface area contributed by atoms with Gasteiger partial charge in [-0.1, -0.05) is 13.8 Å². The van der Waals surface area contributed by atoms with E-state index in [2.05, 4.69) is 20.7 Å². The molecule has 0 aliphatic rings.